The normalized spacial score (nSPS) is 19.0. The van der Waals surface area contributed by atoms with E-state index in [0.29, 0.717) is 0 Å². The molecular weight excluding hydrogens is 387 g/mol. The van der Waals surface area contributed by atoms with Gasteiger partial charge in [-0.3, -0.25) is 14.7 Å². The molecule has 1 aromatic carbocycles. The van der Waals surface area contributed by atoms with Crippen molar-refractivity contribution in [1.82, 2.24) is 14.9 Å². The summed E-state index contributed by atoms with van der Waals surface area (Å²) in [5.41, 5.74) is 4.04. The van der Waals surface area contributed by atoms with E-state index in [1.165, 1.54) is 37.6 Å². The number of nitrogens with two attached hydrogens (primary N) is 1. The maximum absolute atomic E-state index is 14.5. The smallest absolute Gasteiger partial charge is 0.266 e. The van der Waals surface area contributed by atoms with Crippen molar-refractivity contribution in [2.75, 3.05) is 7.05 Å². The molecule has 2 N–H and O–H groups in total. The van der Waals surface area contributed by atoms with E-state index in [1.807, 2.05) is 0 Å². The summed E-state index contributed by atoms with van der Waals surface area (Å²) in [6.07, 6.45) is 3.58. The third kappa shape index (κ3) is 2.75. The van der Waals surface area contributed by atoms with Crippen LogP contribution in [0, 0.1) is 11.6 Å². The van der Waals surface area contributed by atoms with E-state index in [9.17, 15) is 18.0 Å². The second-order valence-corrected chi connectivity index (χ2v) is 6.40. The molecule has 1 aliphatic heterocycles. The van der Waals surface area contributed by atoms with E-state index in [2.05, 4.69) is 15.0 Å². The van der Waals surface area contributed by atoms with Gasteiger partial charge in [0.1, 0.15) is 6.67 Å². The van der Waals surface area contributed by atoms with Crippen LogP contribution in [0.5, 0.6) is 0 Å². The summed E-state index contributed by atoms with van der Waals surface area (Å²) >= 11 is 0. The van der Waals surface area contributed by atoms with Crippen molar-refractivity contribution in [1.29, 1.82) is 0 Å². The highest BCUT2D eigenvalue weighted by Crippen LogP contribution is 2.41. The fraction of sp³-hybridized carbons (Fsp3) is 0.158. The van der Waals surface area contributed by atoms with Crippen LogP contribution in [0.2, 0.25) is 0 Å². The number of aliphatic imine (C=N–C) groups is 1. The topological polar surface area (TPSA) is 97.6 Å². The Morgan fingerprint density at radius 3 is 2.66 bits per heavy atom. The molecule has 2 aromatic heterocycles. The highest BCUT2D eigenvalue weighted by atomic mass is 19.2. The summed E-state index contributed by atoms with van der Waals surface area (Å²) < 4.78 is 47.2. The number of halogens is 3. The fourth-order valence-electron chi connectivity index (χ4n) is 3.29. The number of likely N-dealkylation sites (N-methyl/N-ethyl adjacent to an activating group) is 1. The Kier molecular flexibility index (Phi) is 4.33. The first-order valence-electron chi connectivity index (χ1n) is 8.41. The number of pyridine rings is 1. The van der Waals surface area contributed by atoms with E-state index >= 15 is 0 Å². The molecule has 0 aliphatic carbocycles. The van der Waals surface area contributed by atoms with Gasteiger partial charge in [-0.05, 0) is 35.4 Å². The van der Waals surface area contributed by atoms with Crippen LogP contribution in [-0.2, 0) is 17.0 Å². The van der Waals surface area contributed by atoms with E-state index in [1.54, 1.807) is 0 Å². The number of hydrogen-bond donors (Lipinski definition) is 1. The number of carbonyl (C=O) groups is 1. The number of carbonyl (C=O) groups excluding carboxylic acids is 1. The predicted octanol–water partition coefficient (Wildman–Crippen LogP) is 2.51. The van der Waals surface area contributed by atoms with Gasteiger partial charge in [0, 0.05) is 13.2 Å². The Labute approximate surface area is 162 Å². The number of guanidine groups is 1. The summed E-state index contributed by atoms with van der Waals surface area (Å²) in [7, 11) is 1.40. The summed E-state index contributed by atoms with van der Waals surface area (Å²) in [6.45, 7) is -0.881. The number of amides is 1. The minimum Gasteiger partial charge on any atom is -0.443 e. The molecule has 3 heterocycles. The Morgan fingerprint density at radius 1 is 1.24 bits per heavy atom. The zero-order valence-electron chi connectivity index (χ0n) is 15.1. The van der Waals surface area contributed by atoms with Crippen LogP contribution >= 0.6 is 0 Å². The fourth-order valence-corrected chi connectivity index (χ4v) is 3.29. The molecule has 0 spiro atoms. The van der Waals surface area contributed by atoms with Crippen molar-refractivity contribution >= 4 is 11.9 Å². The number of oxazole rings is 1. The van der Waals surface area contributed by atoms with Gasteiger partial charge >= 0.3 is 0 Å². The highest BCUT2D eigenvalue weighted by molar-refractivity contribution is 6.09. The van der Waals surface area contributed by atoms with Gasteiger partial charge < -0.3 is 10.2 Å². The highest BCUT2D eigenvalue weighted by Gasteiger charge is 2.50. The lowest BCUT2D eigenvalue weighted by Gasteiger charge is -2.26. The molecule has 148 valence electrons. The average Bonchev–Trinajstić information content (AvgIpc) is 3.34. The number of benzene rings is 1. The van der Waals surface area contributed by atoms with E-state index < -0.39 is 29.8 Å². The summed E-state index contributed by atoms with van der Waals surface area (Å²) in [4.78, 5) is 26.1. The molecule has 10 heteroatoms. The molecule has 1 unspecified atom stereocenters. The van der Waals surface area contributed by atoms with Crippen molar-refractivity contribution in [3.63, 3.8) is 0 Å². The van der Waals surface area contributed by atoms with Crippen LogP contribution in [0.15, 0.2) is 52.5 Å². The van der Waals surface area contributed by atoms with Gasteiger partial charge in [-0.25, -0.2) is 23.1 Å². The predicted molar refractivity (Wildman–Crippen MR) is 96.1 cm³/mol. The average molecular weight is 401 g/mol. The van der Waals surface area contributed by atoms with Gasteiger partial charge in [0.2, 0.25) is 0 Å². The molecule has 1 atom stereocenters. The molecule has 0 bridgehead atoms. The second-order valence-electron chi connectivity index (χ2n) is 6.40. The quantitative estimate of drug-likeness (QED) is 0.725. The maximum atomic E-state index is 14.5. The molecule has 1 aliphatic rings. The van der Waals surface area contributed by atoms with E-state index in [0.717, 1.165) is 17.4 Å². The van der Waals surface area contributed by atoms with Crippen molar-refractivity contribution in [2.24, 2.45) is 10.7 Å². The Bertz CT molecular complexity index is 1130. The lowest BCUT2D eigenvalue weighted by molar-refractivity contribution is -0.129. The second kappa shape index (κ2) is 6.73. The SMILES string of the molecule is CN1C(=O)C(c2ccnc(CF)c2)(c2cc(F)c(F)c(-c3cnco3)c2)N=C1N. The number of nitrogens with zero attached hydrogens (tertiary/aromatic N) is 4. The van der Waals surface area contributed by atoms with Gasteiger partial charge in [-0.1, -0.05) is 0 Å². The Hall–Kier alpha value is -3.69. The zero-order chi connectivity index (χ0) is 20.8. The first-order chi connectivity index (χ1) is 13.9. The van der Waals surface area contributed by atoms with Crippen LogP contribution in [0.4, 0.5) is 13.2 Å². The number of hydrogen-bond acceptors (Lipinski definition) is 6. The number of alkyl halides is 1. The van der Waals surface area contributed by atoms with Crippen LogP contribution in [0.1, 0.15) is 16.8 Å². The monoisotopic (exact) mass is 401 g/mol. The van der Waals surface area contributed by atoms with Crippen molar-refractivity contribution in [3.8, 4) is 11.3 Å². The van der Waals surface area contributed by atoms with Crippen molar-refractivity contribution in [2.45, 2.75) is 12.2 Å². The van der Waals surface area contributed by atoms with E-state index in [-0.39, 0.29) is 34.1 Å². The molecule has 1 amide bonds. The molecule has 0 saturated carbocycles. The minimum atomic E-state index is -1.84. The first-order valence-corrected chi connectivity index (χ1v) is 8.41. The largest absolute Gasteiger partial charge is 0.443 e. The molecule has 0 radical (unpaired) electrons. The maximum Gasteiger partial charge on any atom is 0.266 e. The van der Waals surface area contributed by atoms with Gasteiger partial charge in [0.25, 0.3) is 5.91 Å². The minimum absolute atomic E-state index is 0.00360. The third-order valence-electron chi connectivity index (χ3n) is 4.76. The molecule has 29 heavy (non-hydrogen) atoms. The summed E-state index contributed by atoms with van der Waals surface area (Å²) in [5, 5.41) is 0. The van der Waals surface area contributed by atoms with Crippen LogP contribution < -0.4 is 5.73 Å². The molecule has 0 fully saturated rings. The standard InChI is InChI=1S/C19H14F3N5O2/c1-27-17(28)19(26-18(27)23,10-2-3-25-12(4-10)7-20)11-5-13(15-8-24-9-29-15)16(22)14(21)6-11/h2-6,8-9H,7H2,1H3,(H2,23,26). The lowest BCUT2D eigenvalue weighted by atomic mass is 9.82. The number of aromatic nitrogens is 2. The summed E-state index contributed by atoms with van der Waals surface area (Å²) in [6, 6.07) is 4.88. The number of rotatable bonds is 4. The lowest BCUT2D eigenvalue weighted by Crippen LogP contribution is -2.41. The van der Waals surface area contributed by atoms with Gasteiger partial charge in [0.15, 0.2) is 35.3 Å². The first kappa shape index (κ1) is 18.7. The van der Waals surface area contributed by atoms with Crippen LogP contribution in [0.3, 0.4) is 0 Å². The van der Waals surface area contributed by atoms with Crippen molar-refractivity contribution in [3.05, 3.63) is 71.5 Å². The summed E-state index contributed by atoms with van der Waals surface area (Å²) in [5.74, 6) is -3.16. The molecular formula is C19H14F3N5O2. The van der Waals surface area contributed by atoms with Gasteiger partial charge in [-0.15, -0.1) is 0 Å². The third-order valence-corrected chi connectivity index (χ3v) is 4.76. The molecule has 0 saturated heterocycles. The van der Waals surface area contributed by atoms with E-state index in [4.69, 9.17) is 10.2 Å². The molecule has 4 rings (SSSR count). The molecule has 3 aromatic rings. The Balaban J connectivity index is 2.03. The Morgan fingerprint density at radius 2 is 2.03 bits per heavy atom. The molecule has 7 nitrogen and oxygen atoms in total. The zero-order valence-corrected chi connectivity index (χ0v) is 15.1. The van der Waals surface area contributed by atoms with Gasteiger partial charge in [-0.2, -0.15) is 0 Å². The van der Waals surface area contributed by atoms with Gasteiger partial charge in [0.05, 0.1) is 17.5 Å². The van der Waals surface area contributed by atoms with Crippen LogP contribution in [0.25, 0.3) is 11.3 Å². The van der Waals surface area contributed by atoms with Crippen LogP contribution in [-0.4, -0.2) is 33.8 Å². The van der Waals surface area contributed by atoms with Crippen molar-refractivity contribution < 1.29 is 22.4 Å².